The first-order chi connectivity index (χ1) is 8.66. The molecule has 1 rings (SSSR count). The maximum Gasteiger partial charge on any atom is 0.407 e. The fourth-order valence-corrected chi connectivity index (χ4v) is 1.83. The lowest BCUT2D eigenvalue weighted by atomic mass is 9.85. The summed E-state index contributed by atoms with van der Waals surface area (Å²) in [5, 5.41) is 2.45. The van der Waals surface area contributed by atoms with Crippen molar-refractivity contribution in [3.8, 4) is 0 Å². The molecule has 1 aromatic rings. The van der Waals surface area contributed by atoms with Gasteiger partial charge in [0.1, 0.15) is 6.04 Å². The minimum absolute atomic E-state index is 0.129. The highest BCUT2D eigenvalue weighted by Crippen LogP contribution is 2.34. The fraction of sp³-hybridized carbons (Fsp3) is 0.571. The van der Waals surface area contributed by atoms with Gasteiger partial charge in [-0.2, -0.15) is 13.2 Å². The molecule has 1 aromatic carbocycles. The zero-order chi connectivity index (χ0) is 14.7. The van der Waals surface area contributed by atoms with E-state index in [1.165, 1.54) is 6.07 Å². The predicted molar refractivity (Wildman–Crippen MR) is 71.0 cm³/mol. The zero-order valence-electron chi connectivity index (χ0n) is 11.5. The number of benzene rings is 1. The predicted octanol–water partition coefficient (Wildman–Crippen LogP) is 3.14. The second-order valence-electron chi connectivity index (χ2n) is 5.59. The summed E-state index contributed by atoms with van der Waals surface area (Å²) in [5.41, 5.74) is 6.20. The van der Waals surface area contributed by atoms with Gasteiger partial charge in [-0.3, -0.25) is 0 Å². The lowest BCUT2D eigenvalue weighted by molar-refractivity contribution is -0.157. The van der Waals surface area contributed by atoms with Gasteiger partial charge < -0.3 is 11.1 Å². The molecule has 108 valence electrons. The monoisotopic (exact) mass is 274 g/mol. The molecule has 0 fully saturated rings. The van der Waals surface area contributed by atoms with Crippen molar-refractivity contribution in [3.63, 3.8) is 0 Å². The lowest BCUT2D eigenvalue weighted by Gasteiger charge is -2.25. The number of halogens is 3. The van der Waals surface area contributed by atoms with E-state index in [0.29, 0.717) is 0 Å². The summed E-state index contributed by atoms with van der Waals surface area (Å²) < 4.78 is 39.2. The Kier molecular flexibility index (Phi) is 4.98. The Labute approximate surface area is 112 Å². The summed E-state index contributed by atoms with van der Waals surface area (Å²) in [5.74, 6) is 0. The van der Waals surface area contributed by atoms with Crippen molar-refractivity contribution >= 4 is 0 Å². The Morgan fingerprint density at radius 1 is 1.21 bits per heavy atom. The van der Waals surface area contributed by atoms with Crippen molar-refractivity contribution < 1.29 is 13.2 Å². The van der Waals surface area contributed by atoms with E-state index in [-0.39, 0.29) is 24.1 Å². The van der Waals surface area contributed by atoms with Crippen molar-refractivity contribution in [2.75, 3.05) is 13.1 Å². The zero-order valence-corrected chi connectivity index (χ0v) is 11.5. The molecule has 0 aliphatic rings. The van der Waals surface area contributed by atoms with Gasteiger partial charge in [-0.15, -0.1) is 0 Å². The van der Waals surface area contributed by atoms with Crippen LogP contribution in [0.2, 0.25) is 0 Å². The molecule has 2 nitrogen and oxygen atoms in total. The number of hydrogen-bond donors (Lipinski definition) is 2. The smallest absolute Gasteiger partial charge is 0.329 e. The van der Waals surface area contributed by atoms with Crippen LogP contribution in [0.25, 0.3) is 0 Å². The molecule has 3 N–H and O–H groups in total. The van der Waals surface area contributed by atoms with Crippen molar-refractivity contribution in [2.45, 2.75) is 38.4 Å². The highest BCUT2D eigenvalue weighted by Gasteiger charge is 2.40. The van der Waals surface area contributed by atoms with Crippen molar-refractivity contribution in [2.24, 2.45) is 5.73 Å². The first-order valence-electron chi connectivity index (χ1n) is 6.27. The highest BCUT2D eigenvalue weighted by molar-refractivity contribution is 5.31. The van der Waals surface area contributed by atoms with Gasteiger partial charge in [0.15, 0.2) is 0 Å². The minimum atomic E-state index is -4.33. The SMILES string of the molecule is CC(C)(C)c1cccc(C(NCCN)C(F)(F)F)c1. The minimum Gasteiger partial charge on any atom is -0.329 e. The topological polar surface area (TPSA) is 38.0 Å². The molecular weight excluding hydrogens is 253 g/mol. The van der Waals surface area contributed by atoms with Crippen LogP contribution in [0, 0.1) is 0 Å². The molecule has 0 radical (unpaired) electrons. The van der Waals surface area contributed by atoms with Gasteiger partial charge in [0.05, 0.1) is 0 Å². The molecule has 0 aromatic heterocycles. The van der Waals surface area contributed by atoms with Gasteiger partial charge >= 0.3 is 6.18 Å². The first-order valence-corrected chi connectivity index (χ1v) is 6.27. The average Bonchev–Trinajstić information content (AvgIpc) is 2.27. The first kappa shape index (κ1) is 16.0. The average molecular weight is 274 g/mol. The van der Waals surface area contributed by atoms with Crippen molar-refractivity contribution in [3.05, 3.63) is 35.4 Å². The molecule has 0 aliphatic carbocycles. The largest absolute Gasteiger partial charge is 0.407 e. The normalized spacial score (nSPS) is 14.5. The molecule has 0 saturated heterocycles. The molecule has 19 heavy (non-hydrogen) atoms. The molecule has 5 heteroatoms. The molecule has 0 bridgehead atoms. The Balaban J connectivity index is 3.09. The van der Waals surface area contributed by atoms with Gasteiger partial charge in [-0.1, -0.05) is 45.0 Å². The van der Waals surface area contributed by atoms with E-state index in [9.17, 15) is 13.2 Å². The standard InChI is InChI=1S/C14H21F3N2/c1-13(2,3)11-6-4-5-10(9-11)12(14(15,16)17)19-8-7-18/h4-6,9,12,19H,7-8,18H2,1-3H3. The van der Waals surface area contributed by atoms with E-state index in [4.69, 9.17) is 5.73 Å². The summed E-state index contributed by atoms with van der Waals surface area (Å²) in [4.78, 5) is 0. The van der Waals surface area contributed by atoms with Crippen molar-refractivity contribution in [1.29, 1.82) is 0 Å². The number of alkyl halides is 3. The van der Waals surface area contributed by atoms with Gasteiger partial charge in [0.2, 0.25) is 0 Å². The summed E-state index contributed by atoms with van der Waals surface area (Å²) in [6.45, 7) is 6.22. The van der Waals surface area contributed by atoms with Crippen LogP contribution in [-0.4, -0.2) is 19.3 Å². The molecule has 0 saturated carbocycles. The van der Waals surface area contributed by atoms with Crippen LogP contribution in [0.3, 0.4) is 0 Å². The third kappa shape index (κ3) is 4.51. The summed E-state index contributed by atoms with van der Waals surface area (Å²) in [6.07, 6.45) is -4.33. The number of hydrogen-bond acceptors (Lipinski definition) is 2. The maximum atomic E-state index is 13.1. The number of nitrogens with one attached hydrogen (secondary N) is 1. The molecule has 1 atom stereocenters. The molecule has 0 heterocycles. The summed E-state index contributed by atoms with van der Waals surface area (Å²) >= 11 is 0. The van der Waals surface area contributed by atoms with E-state index in [0.717, 1.165) is 5.56 Å². The van der Waals surface area contributed by atoms with E-state index >= 15 is 0 Å². The van der Waals surface area contributed by atoms with Gasteiger partial charge in [-0.05, 0) is 16.5 Å². The van der Waals surface area contributed by atoms with Crippen LogP contribution >= 0.6 is 0 Å². The van der Waals surface area contributed by atoms with E-state index < -0.39 is 12.2 Å². The lowest BCUT2D eigenvalue weighted by Crippen LogP contribution is -2.37. The van der Waals surface area contributed by atoms with Crippen LogP contribution < -0.4 is 11.1 Å². The molecule has 0 spiro atoms. The Bertz CT molecular complexity index is 408. The van der Waals surface area contributed by atoms with Gasteiger partial charge in [0.25, 0.3) is 0 Å². The van der Waals surface area contributed by atoms with Gasteiger partial charge in [-0.25, -0.2) is 0 Å². The highest BCUT2D eigenvalue weighted by atomic mass is 19.4. The quantitative estimate of drug-likeness (QED) is 0.885. The summed E-state index contributed by atoms with van der Waals surface area (Å²) in [6, 6.07) is 4.95. The number of rotatable bonds is 4. The molecular formula is C14H21F3N2. The number of nitrogens with two attached hydrogens (primary N) is 1. The summed E-state index contributed by atoms with van der Waals surface area (Å²) in [7, 11) is 0. The molecule has 0 amide bonds. The van der Waals surface area contributed by atoms with Gasteiger partial charge in [0, 0.05) is 13.1 Å². The maximum absolute atomic E-state index is 13.1. The third-order valence-electron chi connectivity index (χ3n) is 2.91. The molecule has 1 unspecified atom stereocenters. The fourth-order valence-electron chi connectivity index (χ4n) is 1.83. The Hall–Kier alpha value is -1.07. The molecule has 0 aliphatic heterocycles. The Morgan fingerprint density at radius 2 is 1.84 bits per heavy atom. The van der Waals surface area contributed by atoms with E-state index in [1.807, 2.05) is 26.8 Å². The van der Waals surface area contributed by atoms with E-state index in [1.54, 1.807) is 12.1 Å². The third-order valence-corrected chi connectivity index (χ3v) is 2.91. The van der Waals surface area contributed by atoms with Crippen LogP contribution in [0.5, 0.6) is 0 Å². The second kappa shape index (κ2) is 5.92. The van der Waals surface area contributed by atoms with Crippen LogP contribution in [0.4, 0.5) is 13.2 Å². The van der Waals surface area contributed by atoms with Crippen molar-refractivity contribution in [1.82, 2.24) is 5.32 Å². The second-order valence-corrected chi connectivity index (χ2v) is 5.59. The van der Waals surface area contributed by atoms with Crippen LogP contribution in [0.15, 0.2) is 24.3 Å². The van der Waals surface area contributed by atoms with Crippen LogP contribution in [0.1, 0.15) is 37.9 Å². The Morgan fingerprint density at radius 3 is 2.32 bits per heavy atom. The van der Waals surface area contributed by atoms with E-state index in [2.05, 4.69) is 5.32 Å². The van der Waals surface area contributed by atoms with Crippen LogP contribution in [-0.2, 0) is 5.41 Å².